The van der Waals surface area contributed by atoms with Crippen molar-refractivity contribution in [2.24, 2.45) is 15.9 Å². The summed E-state index contributed by atoms with van der Waals surface area (Å²) in [7, 11) is 1.26. The molecule has 5 nitrogen and oxygen atoms in total. The molecule has 2 N–H and O–H groups in total. The lowest BCUT2D eigenvalue weighted by Gasteiger charge is -2.11. The topological polar surface area (TPSA) is 77.0 Å². The number of methoxy groups -OCH3 is 1. The number of carbonyl (C=O) groups excluding carboxylic acids is 1. The van der Waals surface area contributed by atoms with Crippen LogP contribution in [0.3, 0.4) is 0 Å². The van der Waals surface area contributed by atoms with Crippen LogP contribution in [-0.4, -0.2) is 31.0 Å². The maximum absolute atomic E-state index is 10.8. The number of esters is 1. The van der Waals surface area contributed by atoms with Gasteiger partial charge in [-0.05, 0) is 0 Å². The molecule has 0 aromatic heterocycles. The average molecular weight is 141 g/mol. The van der Waals surface area contributed by atoms with Crippen molar-refractivity contribution in [3.05, 3.63) is 0 Å². The van der Waals surface area contributed by atoms with Gasteiger partial charge in [0.05, 0.1) is 19.5 Å². The molecule has 10 heavy (non-hydrogen) atoms. The summed E-state index contributed by atoms with van der Waals surface area (Å²) in [5, 5.41) is 6.85. The second-order valence-electron chi connectivity index (χ2n) is 1.91. The summed E-state index contributed by atoms with van der Waals surface area (Å²) in [6.07, 6.45) is 2.47. The van der Waals surface area contributed by atoms with E-state index in [0.717, 1.165) is 0 Å². The van der Waals surface area contributed by atoms with Crippen molar-refractivity contribution >= 4 is 18.4 Å². The van der Waals surface area contributed by atoms with Crippen molar-refractivity contribution in [3.63, 3.8) is 0 Å². The molecule has 1 heterocycles. The zero-order valence-corrected chi connectivity index (χ0v) is 5.44. The van der Waals surface area contributed by atoms with Gasteiger partial charge in [0.2, 0.25) is 0 Å². The van der Waals surface area contributed by atoms with Gasteiger partial charge in [0.1, 0.15) is 0 Å². The quantitative estimate of drug-likeness (QED) is 0.472. The van der Waals surface area contributed by atoms with Crippen LogP contribution in [0.4, 0.5) is 0 Å². The fourth-order valence-corrected chi connectivity index (χ4v) is 0.573. The maximum Gasteiger partial charge on any atom is 0.337 e. The Hall–Kier alpha value is -1.23. The van der Waals surface area contributed by atoms with Crippen LogP contribution < -0.4 is 5.73 Å². The molecule has 0 saturated heterocycles. The number of nitrogens with zero attached hydrogens (tertiary/aromatic N) is 2. The highest BCUT2D eigenvalue weighted by Gasteiger charge is 2.33. The van der Waals surface area contributed by atoms with Gasteiger partial charge >= 0.3 is 5.97 Å². The summed E-state index contributed by atoms with van der Waals surface area (Å²) < 4.78 is 4.39. The second-order valence-corrected chi connectivity index (χ2v) is 1.91. The van der Waals surface area contributed by atoms with Crippen LogP contribution in [0.25, 0.3) is 0 Å². The van der Waals surface area contributed by atoms with Gasteiger partial charge < -0.3 is 10.5 Å². The molecule has 0 fully saturated rings. The normalized spacial score (nSPS) is 19.4. The van der Waals surface area contributed by atoms with Crippen LogP contribution in [0.5, 0.6) is 0 Å². The highest BCUT2D eigenvalue weighted by atomic mass is 16.5. The van der Waals surface area contributed by atoms with Crippen LogP contribution >= 0.6 is 0 Å². The van der Waals surface area contributed by atoms with Crippen LogP contribution in [0.15, 0.2) is 10.2 Å². The molecule has 0 radical (unpaired) electrons. The molecule has 0 unspecified atom stereocenters. The summed E-state index contributed by atoms with van der Waals surface area (Å²) in [6, 6.07) is 0. The molecule has 0 aromatic rings. The predicted molar refractivity (Wildman–Crippen MR) is 35.9 cm³/mol. The number of hydrogen-bond acceptors (Lipinski definition) is 5. The van der Waals surface area contributed by atoms with Gasteiger partial charge in [0.25, 0.3) is 0 Å². The Morgan fingerprint density at radius 2 is 2.10 bits per heavy atom. The largest absolute Gasteiger partial charge is 0.467 e. The van der Waals surface area contributed by atoms with E-state index in [2.05, 4.69) is 14.9 Å². The summed E-state index contributed by atoms with van der Waals surface area (Å²) in [5.74, 6) is -0.558. The van der Waals surface area contributed by atoms with Crippen molar-refractivity contribution in [2.75, 3.05) is 7.11 Å². The third kappa shape index (κ3) is 0.906. The molecule has 0 amide bonds. The molecule has 0 aliphatic carbocycles. The molecule has 1 aliphatic rings. The molecular weight excluding hydrogens is 134 g/mol. The second kappa shape index (κ2) is 2.18. The molecule has 1 rings (SSSR count). The molecule has 0 bridgehead atoms. The fraction of sp³-hybridized carbons (Fsp3) is 0.400. The van der Waals surface area contributed by atoms with E-state index >= 15 is 0 Å². The van der Waals surface area contributed by atoms with E-state index in [1.165, 1.54) is 19.5 Å². The Morgan fingerprint density at radius 1 is 1.60 bits per heavy atom. The van der Waals surface area contributed by atoms with Crippen LogP contribution in [0, 0.1) is 0 Å². The Balaban J connectivity index is 2.79. The number of carbonyl (C=O) groups is 1. The molecule has 5 heteroatoms. The van der Waals surface area contributed by atoms with E-state index in [0.29, 0.717) is 0 Å². The monoisotopic (exact) mass is 141 g/mol. The number of nitrogens with two attached hydrogens (primary N) is 1. The van der Waals surface area contributed by atoms with E-state index in [1.807, 2.05) is 0 Å². The minimum atomic E-state index is -1.24. The third-order valence-corrected chi connectivity index (χ3v) is 1.15. The van der Waals surface area contributed by atoms with Crippen molar-refractivity contribution in [3.8, 4) is 0 Å². The van der Waals surface area contributed by atoms with E-state index in [-0.39, 0.29) is 0 Å². The lowest BCUT2D eigenvalue weighted by atomic mass is 10.1. The van der Waals surface area contributed by atoms with Crippen LogP contribution in [-0.2, 0) is 9.53 Å². The van der Waals surface area contributed by atoms with Crippen molar-refractivity contribution in [2.45, 2.75) is 5.54 Å². The molecule has 1 aliphatic heterocycles. The summed E-state index contributed by atoms with van der Waals surface area (Å²) in [6.45, 7) is 0. The molecule has 0 aromatic carbocycles. The first-order chi connectivity index (χ1) is 4.69. The van der Waals surface area contributed by atoms with Gasteiger partial charge in [-0.2, -0.15) is 10.2 Å². The summed E-state index contributed by atoms with van der Waals surface area (Å²) >= 11 is 0. The first kappa shape index (κ1) is 6.88. The standard InChI is InChI=1S/C5H7N3O2/c1-10-4(9)5(6)2-7-8-3-5/h2-3H,6H2,1H3. The fourth-order valence-electron chi connectivity index (χ4n) is 0.573. The lowest BCUT2D eigenvalue weighted by molar-refractivity contribution is -0.141. The Bertz CT molecular complexity index is 197. The number of rotatable bonds is 1. The molecule has 54 valence electrons. The van der Waals surface area contributed by atoms with E-state index < -0.39 is 11.5 Å². The zero-order valence-electron chi connectivity index (χ0n) is 5.44. The molecule has 0 spiro atoms. The molecule has 0 saturated carbocycles. The lowest BCUT2D eigenvalue weighted by Crippen LogP contribution is -2.50. The third-order valence-electron chi connectivity index (χ3n) is 1.15. The van der Waals surface area contributed by atoms with Crippen molar-refractivity contribution in [1.29, 1.82) is 0 Å². The van der Waals surface area contributed by atoms with Gasteiger partial charge in [-0.25, -0.2) is 4.79 Å². The smallest absolute Gasteiger partial charge is 0.337 e. The number of hydrogen-bond donors (Lipinski definition) is 1. The molecule has 0 atom stereocenters. The van der Waals surface area contributed by atoms with Crippen LogP contribution in [0.2, 0.25) is 0 Å². The zero-order chi connectivity index (χ0) is 7.61. The minimum absolute atomic E-state index is 0.558. The van der Waals surface area contributed by atoms with E-state index in [4.69, 9.17) is 5.73 Å². The Morgan fingerprint density at radius 3 is 2.50 bits per heavy atom. The first-order valence-corrected chi connectivity index (χ1v) is 2.65. The summed E-state index contributed by atoms with van der Waals surface area (Å²) in [5.41, 5.74) is 4.20. The SMILES string of the molecule is COC(=O)C1(N)C=NN=C1. The number of ether oxygens (including phenoxy) is 1. The average Bonchev–Trinajstić information content (AvgIpc) is 2.36. The Kier molecular flexibility index (Phi) is 1.50. The molecular formula is C5H7N3O2. The minimum Gasteiger partial charge on any atom is -0.467 e. The summed E-state index contributed by atoms with van der Waals surface area (Å²) in [4.78, 5) is 10.8. The van der Waals surface area contributed by atoms with E-state index in [1.54, 1.807) is 0 Å². The first-order valence-electron chi connectivity index (χ1n) is 2.65. The Labute approximate surface area is 57.6 Å². The highest BCUT2D eigenvalue weighted by molar-refractivity contribution is 6.17. The van der Waals surface area contributed by atoms with Crippen LogP contribution in [0.1, 0.15) is 0 Å². The van der Waals surface area contributed by atoms with E-state index in [9.17, 15) is 4.79 Å². The van der Waals surface area contributed by atoms with Gasteiger partial charge in [0.15, 0.2) is 5.54 Å². The van der Waals surface area contributed by atoms with Gasteiger partial charge in [-0.15, -0.1) is 0 Å². The van der Waals surface area contributed by atoms with Crippen molar-refractivity contribution in [1.82, 2.24) is 0 Å². The highest BCUT2D eigenvalue weighted by Crippen LogP contribution is 2.01. The van der Waals surface area contributed by atoms with Gasteiger partial charge in [0, 0.05) is 0 Å². The van der Waals surface area contributed by atoms with Crippen molar-refractivity contribution < 1.29 is 9.53 Å². The van der Waals surface area contributed by atoms with Gasteiger partial charge in [-0.3, -0.25) is 0 Å². The predicted octanol–water partition coefficient (Wildman–Crippen LogP) is -1.07. The maximum atomic E-state index is 10.8. The van der Waals surface area contributed by atoms with Gasteiger partial charge in [-0.1, -0.05) is 0 Å².